The molecule has 0 aliphatic carbocycles. The standard InChI is InChI=1S/C5H10N2O/c1-3-4(7-2)5(6)8/h4H,2-3H2,1H3,(H2,6,8)/t4-/m0/s1. The summed E-state index contributed by atoms with van der Waals surface area (Å²) in [6.07, 6.45) is 0.638. The Kier molecular flexibility index (Phi) is 2.84. The molecule has 0 fully saturated rings. The molecule has 0 bridgehead atoms. The third-order valence-electron chi connectivity index (χ3n) is 0.936. The van der Waals surface area contributed by atoms with Crippen molar-refractivity contribution in [3.8, 4) is 0 Å². The molecule has 0 spiro atoms. The first-order chi connectivity index (χ1) is 3.72. The summed E-state index contributed by atoms with van der Waals surface area (Å²) >= 11 is 0. The zero-order chi connectivity index (χ0) is 6.57. The summed E-state index contributed by atoms with van der Waals surface area (Å²) < 4.78 is 0. The number of aliphatic imine (C=N–C) groups is 1. The number of hydrogen-bond acceptors (Lipinski definition) is 2. The van der Waals surface area contributed by atoms with Gasteiger partial charge in [-0.2, -0.15) is 0 Å². The van der Waals surface area contributed by atoms with Crippen LogP contribution >= 0.6 is 0 Å². The minimum absolute atomic E-state index is 0.394. The Morgan fingerprint density at radius 3 is 2.50 bits per heavy atom. The minimum atomic E-state index is -0.400. The van der Waals surface area contributed by atoms with Crippen LogP contribution in [0.4, 0.5) is 0 Å². The summed E-state index contributed by atoms with van der Waals surface area (Å²) in [5.74, 6) is -0.400. The van der Waals surface area contributed by atoms with Crippen molar-refractivity contribution in [3.63, 3.8) is 0 Å². The van der Waals surface area contributed by atoms with Gasteiger partial charge < -0.3 is 5.73 Å². The number of rotatable bonds is 3. The summed E-state index contributed by atoms with van der Waals surface area (Å²) in [6.45, 7) is 5.04. The number of amides is 1. The molecule has 46 valence electrons. The van der Waals surface area contributed by atoms with Gasteiger partial charge in [-0.1, -0.05) is 6.92 Å². The van der Waals surface area contributed by atoms with Crippen LogP contribution in [0.2, 0.25) is 0 Å². The monoisotopic (exact) mass is 114 g/mol. The van der Waals surface area contributed by atoms with E-state index >= 15 is 0 Å². The first kappa shape index (κ1) is 7.14. The Morgan fingerprint density at radius 2 is 2.50 bits per heavy atom. The van der Waals surface area contributed by atoms with E-state index in [0.717, 1.165) is 0 Å². The molecule has 1 atom stereocenters. The van der Waals surface area contributed by atoms with E-state index in [2.05, 4.69) is 11.7 Å². The van der Waals surface area contributed by atoms with Gasteiger partial charge in [0.25, 0.3) is 0 Å². The van der Waals surface area contributed by atoms with E-state index in [1.54, 1.807) is 0 Å². The SMILES string of the molecule is C=N[C@@H](CC)C(N)=O. The van der Waals surface area contributed by atoms with Gasteiger partial charge in [0.1, 0.15) is 6.04 Å². The molecule has 3 heteroatoms. The number of nitrogens with zero attached hydrogens (tertiary/aromatic N) is 1. The molecule has 0 aromatic rings. The average Bonchev–Trinajstić information content (AvgIpc) is 1.69. The number of carbonyl (C=O) groups is 1. The van der Waals surface area contributed by atoms with Crippen LogP contribution < -0.4 is 5.73 Å². The first-order valence-electron chi connectivity index (χ1n) is 2.47. The highest BCUT2D eigenvalue weighted by molar-refractivity contribution is 5.80. The second kappa shape index (κ2) is 3.18. The van der Waals surface area contributed by atoms with E-state index in [-0.39, 0.29) is 0 Å². The predicted molar refractivity (Wildman–Crippen MR) is 32.8 cm³/mol. The zero-order valence-electron chi connectivity index (χ0n) is 4.92. The van der Waals surface area contributed by atoms with Gasteiger partial charge in [-0.05, 0) is 13.1 Å². The molecule has 0 saturated carbocycles. The van der Waals surface area contributed by atoms with E-state index in [1.165, 1.54) is 0 Å². The lowest BCUT2D eigenvalue weighted by Crippen LogP contribution is -2.25. The van der Waals surface area contributed by atoms with Crippen molar-refractivity contribution in [2.45, 2.75) is 19.4 Å². The Morgan fingerprint density at radius 1 is 2.00 bits per heavy atom. The summed E-state index contributed by atoms with van der Waals surface area (Å²) in [6, 6.07) is -0.394. The molecule has 0 saturated heterocycles. The number of carbonyl (C=O) groups excluding carboxylic acids is 1. The maximum atomic E-state index is 10.3. The summed E-state index contributed by atoms with van der Waals surface area (Å²) in [7, 11) is 0. The van der Waals surface area contributed by atoms with E-state index in [9.17, 15) is 4.79 Å². The van der Waals surface area contributed by atoms with Crippen molar-refractivity contribution in [1.82, 2.24) is 0 Å². The van der Waals surface area contributed by atoms with Crippen LogP contribution in [0.15, 0.2) is 4.99 Å². The smallest absolute Gasteiger partial charge is 0.242 e. The van der Waals surface area contributed by atoms with E-state index in [0.29, 0.717) is 6.42 Å². The van der Waals surface area contributed by atoms with Crippen molar-refractivity contribution < 1.29 is 4.79 Å². The van der Waals surface area contributed by atoms with Gasteiger partial charge in [-0.3, -0.25) is 9.79 Å². The number of primary amides is 1. The van der Waals surface area contributed by atoms with Gasteiger partial charge in [0.15, 0.2) is 0 Å². The van der Waals surface area contributed by atoms with Crippen LogP contribution in [0, 0.1) is 0 Å². The third kappa shape index (κ3) is 1.73. The molecule has 0 aromatic carbocycles. The van der Waals surface area contributed by atoms with Crippen LogP contribution in [0.5, 0.6) is 0 Å². The maximum Gasteiger partial charge on any atom is 0.242 e. The van der Waals surface area contributed by atoms with Crippen LogP contribution in [0.25, 0.3) is 0 Å². The van der Waals surface area contributed by atoms with Gasteiger partial charge >= 0.3 is 0 Å². The van der Waals surface area contributed by atoms with E-state index in [4.69, 9.17) is 5.73 Å². The third-order valence-corrected chi connectivity index (χ3v) is 0.936. The lowest BCUT2D eigenvalue weighted by atomic mass is 10.2. The fraction of sp³-hybridized carbons (Fsp3) is 0.600. The largest absolute Gasteiger partial charge is 0.368 e. The van der Waals surface area contributed by atoms with Crippen LogP contribution in [0.1, 0.15) is 13.3 Å². The quantitative estimate of drug-likeness (QED) is 0.514. The van der Waals surface area contributed by atoms with Crippen molar-refractivity contribution in [1.29, 1.82) is 0 Å². The molecule has 8 heavy (non-hydrogen) atoms. The van der Waals surface area contributed by atoms with E-state index < -0.39 is 11.9 Å². The highest BCUT2D eigenvalue weighted by Crippen LogP contribution is 1.92. The molecular weight excluding hydrogens is 104 g/mol. The molecule has 0 radical (unpaired) electrons. The van der Waals surface area contributed by atoms with Crippen molar-refractivity contribution in [3.05, 3.63) is 0 Å². The Hall–Kier alpha value is -0.860. The second-order valence-electron chi connectivity index (χ2n) is 1.51. The normalized spacial score (nSPS) is 12.6. The van der Waals surface area contributed by atoms with Crippen LogP contribution in [-0.2, 0) is 4.79 Å². The highest BCUT2D eigenvalue weighted by atomic mass is 16.1. The Balaban J connectivity index is 3.69. The van der Waals surface area contributed by atoms with Gasteiger partial charge in [0.2, 0.25) is 5.91 Å². The molecule has 0 heterocycles. The summed E-state index contributed by atoms with van der Waals surface area (Å²) in [5, 5.41) is 0. The van der Waals surface area contributed by atoms with Crippen molar-refractivity contribution in [2.24, 2.45) is 10.7 Å². The van der Waals surface area contributed by atoms with Crippen molar-refractivity contribution in [2.75, 3.05) is 0 Å². The lowest BCUT2D eigenvalue weighted by Gasteiger charge is -2.00. The van der Waals surface area contributed by atoms with Gasteiger partial charge in [0, 0.05) is 0 Å². The molecule has 0 unspecified atom stereocenters. The summed E-state index contributed by atoms with van der Waals surface area (Å²) in [4.78, 5) is 13.7. The molecule has 0 aliphatic heterocycles. The molecule has 0 rings (SSSR count). The molecule has 0 aliphatic rings. The number of hydrogen-bond donors (Lipinski definition) is 1. The second-order valence-corrected chi connectivity index (χ2v) is 1.51. The molecule has 0 aromatic heterocycles. The Labute approximate surface area is 48.6 Å². The predicted octanol–water partition coefficient (Wildman–Crippen LogP) is -0.0491. The maximum absolute atomic E-state index is 10.3. The molecule has 3 nitrogen and oxygen atoms in total. The number of nitrogens with two attached hydrogens (primary N) is 1. The van der Waals surface area contributed by atoms with Crippen molar-refractivity contribution >= 4 is 12.6 Å². The Bertz CT molecular complexity index is 101. The molecular formula is C5H10N2O. The lowest BCUT2D eigenvalue weighted by molar-refractivity contribution is -0.119. The minimum Gasteiger partial charge on any atom is -0.368 e. The van der Waals surface area contributed by atoms with Gasteiger partial charge in [-0.25, -0.2) is 0 Å². The molecule has 1 amide bonds. The summed E-state index contributed by atoms with van der Waals surface area (Å²) in [5.41, 5.74) is 4.89. The average molecular weight is 114 g/mol. The fourth-order valence-electron chi connectivity index (χ4n) is 0.420. The van der Waals surface area contributed by atoms with E-state index in [1.807, 2.05) is 6.92 Å². The fourth-order valence-corrected chi connectivity index (χ4v) is 0.420. The van der Waals surface area contributed by atoms with Gasteiger partial charge in [-0.15, -0.1) is 0 Å². The van der Waals surface area contributed by atoms with Crippen LogP contribution in [0.3, 0.4) is 0 Å². The zero-order valence-corrected chi connectivity index (χ0v) is 4.92. The molecule has 2 N–H and O–H groups in total. The van der Waals surface area contributed by atoms with Crippen LogP contribution in [-0.4, -0.2) is 18.7 Å². The topological polar surface area (TPSA) is 55.4 Å². The highest BCUT2D eigenvalue weighted by Gasteiger charge is 2.06. The van der Waals surface area contributed by atoms with Gasteiger partial charge in [0.05, 0.1) is 0 Å². The first-order valence-corrected chi connectivity index (χ1v) is 2.47.